The number of aromatic nitrogens is 2. The largest absolute Gasteiger partial charge is 0.468 e. The Morgan fingerprint density at radius 1 is 1.15 bits per heavy atom. The van der Waals surface area contributed by atoms with Gasteiger partial charge in [0, 0.05) is 22.2 Å². The smallest absolute Gasteiger partial charge is 0.332 e. The van der Waals surface area contributed by atoms with Gasteiger partial charge in [0.15, 0.2) is 0 Å². The summed E-state index contributed by atoms with van der Waals surface area (Å²) in [6.07, 6.45) is -0.367. The van der Waals surface area contributed by atoms with Crippen LogP contribution in [0.4, 0.5) is 10.5 Å². The molecule has 0 fully saturated rings. The molecule has 176 valence electrons. The highest BCUT2D eigenvalue weighted by Gasteiger charge is 2.33. The number of nitrogens with one attached hydrogen (secondary N) is 3. The van der Waals surface area contributed by atoms with E-state index in [9.17, 15) is 19.2 Å². The number of anilines is 1. The first-order valence-electron chi connectivity index (χ1n) is 9.64. The molecule has 0 spiro atoms. The molecular weight excluding hydrogens is 487 g/mol. The number of urea groups is 1. The van der Waals surface area contributed by atoms with Crippen molar-refractivity contribution in [2.75, 3.05) is 12.4 Å². The monoisotopic (exact) mass is 504 g/mol. The van der Waals surface area contributed by atoms with Gasteiger partial charge in [0.2, 0.25) is 0 Å². The Balaban J connectivity index is 2.01. The van der Waals surface area contributed by atoms with Gasteiger partial charge in [-0.15, -0.1) is 0 Å². The van der Waals surface area contributed by atoms with Crippen molar-refractivity contribution in [3.8, 4) is 0 Å². The number of H-pyrrole nitrogens is 1. The molecule has 1 unspecified atom stereocenters. The van der Waals surface area contributed by atoms with Crippen molar-refractivity contribution in [1.29, 1.82) is 0 Å². The molecule has 0 bridgehead atoms. The molecule has 0 radical (unpaired) electrons. The Hall–Kier alpha value is -3.96. The highest BCUT2D eigenvalue weighted by Crippen LogP contribution is 2.18. The summed E-state index contributed by atoms with van der Waals surface area (Å²) in [5.41, 5.74) is 7.00. The number of primary amides is 1. The number of hydrazone groups is 1. The molecule has 0 saturated carbocycles. The van der Waals surface area contributed by atoms with Crippen molar-refractivity contribution >= 4 is 63.5 Å². The average molecular weight is 505 g/mol. The van der Waals surface area contributed by atoms with E-state index in [2.05, 4.69) is 20.4 Å². The van der Waals surface area contributed by atoms with E-state index in [0.29, 0.717) is 26.8 Å². The van der Waals surface area contributed by atoms with Crippen LogP contribution in [0, 0.1) is 5.92 Å². The molecule has 34 heavy (non-hydrogen) atoms. The number of nitrogens with zero attached hydrogens (tertiary/aromatic N) is 2. The van der Waals surface area contributed by atoms with Crippen LogP contribution in [0.5, 0.6) is 0 Å². The predicted octanol–water partition coefficient (Wildman–Crippen LogP) is 2.22. The summed E-state index contributed by atoms with van der Waals surface area (Å²) in [5.74, 6) is -3.16. The Morgan fingerprint density at radius 3 is 2.47 bits per heavy atom. The van der Waals surface area contributed by atoms with Gasteiger partial charge >= 0.3 is 12.0 Å². The van der Waals surface area contributed by atoms with Gasteiger partial charge in [-0.2, -0.15) is 5.10 Å². The highest BCUT2D eigenvalue weighted by atomic mass is 35.5. The molecule has 11 nitrogen and oxygen atoms in total. The second-order valence-electron chi connectivity index (χ2n) is 6.89. The van der Waals surface area contributed by atoms with Crippen LogP contribution in [0.25, 0.3) is 11.0 Å². The number of fused-ring (bicyclic) bond motifs is 1. The van der Waals surface area contributed by atoms with Crippen LogP contribution < -0.4 is 22.0 Å². The van der Waals surface area contributed by atoms with Gasteiger partial charge in [0.1, 0.15) is 17.3 Å². The van der Waals surface area contributed by atoms with Crippen molar-refractivity contribution in [2.24, 2.45) is 16.8 Å². The Bertz CT molecular complexity index is 1340. The fourth-order valence-corrected chi connectivity index (χ4v) is 3.29. The first-order chi connectivity index (χ1) is 16.2. The van der Waals surface area contributed by atoms with Gasteiger partial charge in [-0.25, -0.2) is 15.2 Å². The maximum atomic E-state index is 13.0. The van der Waals surface area contributed by atoms with Crippen LogP contribution in [0.1, 0.15) is 5.69 Å². The highest BCUT2D eigenvalue weighted by molar-refractivity contribution is 6.46. The van der Waals surface area contributed by atoms with Crippen molar-refractivity contribution in [1.82, 2.24) is 15.4 Å². The quantitative estimate of drug-likeness (QED) is 0.218. The van der Waals surface area contributed by atoms with Gasteiger partial charge in [0.05, 0.1) is 18.1 Å². The summed E-state index contributed by atoms with van der Waals surface area (Å²) < 4.78 is 4.81. The summed E-state index contributed by atoms with van der Waals surface area (Å²) in [4.78, 5) is 56.4. The van der Waals surface area contributed by atoms with E-state index in [4.69, 9.17) is 33.7 Å². The zero-order valence-electron chi connectivity index (χ0n) is 17.6. The molecule has 1 heterocycles. The van der Waals surface area contributed by atoms with Crippen LogP contribution in [0.2, 0.25) is 10.0 Å². The number of aromatic amines is 1. The molecule has 3 aromatic rings. The number of nitrogens with two attached hydrogens (primary N) is 1. The molecule has 2 aromatic carbocycles. The van der Waals surface area contributed by atoms with Crippen LogP contribution in [0.3, 0.4) is 0 Å². The minimum Gasteiger partial charge on any atom is -0.468 e. The summed E-state index contributed by atoms with van der Waals surface area (Å²) in [7, 11) is 1.10. The third-order valence-corrected chi connectivity index (χ3v) is 5.05. The molecule has 3 rings (SSSR count). The number of rotatable bonds is 7. The van der Waals surface area contributed by atoms with Crippen molar-refractivity contribution in [3.63, 3.8) is 0 Å². The number of carbonyl (C=O) groups is 3. The van der Waals surface area contributed by atoms with Gasteiger partial charge < -0.3 is 20.8 Å². The van der Waals surface area contributed by atoms with E-state index in [1.54, 1.807) is 12.1 Å². The normalized spacial score (nSPS) is 12.1. The fraction of sp³-hybridized carbons (Fsp3) is 0.143. The first-order valence-corrected chi connectivity index (χ1v) is 10.4. The number of methoxy groups -OCH3 is 1. The summed E-state index contributed by atoms with van der Waals surface area (Å²) in [6.45, 7) is 0. The predicted molar refractivity (Wildman–Crippen MR) is 127 cm³/mol. The van der Waals surface area contributed by atoms with E-state index >= 15 is 0 Å². The Morgan fingerprint density at radius 2 is 1.82 bits per heavy atom. The molecular formula is C21H18Cl2N6O5. The number of hydrogen-bond donors (Lipinski definition) is 4. The molecule has 1 atom stereocenters. The molecule has 0 saturated heterocycles. The lowest BCUT2D eigenvalue weighted by molar-refractivity contribution is -0.143. The van der Waals surface area contributed by atoms with Crippen LogP contribution >= 0.6 is 23.2 Å². The van der Waals surface area contributed by atoms with Gasteiger partial charge in [-0.05, 0) is 42.5 Å². The van der Waals surface area contributed by atoms with E-state index in [0.717, 1.165) is 7.11 Å². The molecule has 13 heteroatoms. The number of halogens is 2. The van der Waals surface area contributed by atoms with Gasteiger partial charge in [-0.3, -0.25) is 14.4 Å². The number of amides is 3. The molecule has 1 aromatic heterocycles. The number of carbonyl (C=O) groups excluding carboxylic acids is 3. The standard InChI is InChI=1S/C21H18Cl2N6O5/c1-34-20(32)13(9-16-18(30)27-15-8-11(23)4-7-14(15)26-16)17(28-29-21(24)33)19(31)25-12-5-2-10(22)3-6-12/h2-8,13H,9H2,1H3,(H,25,31)(H,27,30)(H3,24,29,33)/b28-17+. The van der Waals surface area contributed by atoms with Gasteiger partial charge in [0.25, 0.3) is 11.5 Å². The Labute approximate surface area is 202 Å². The lowest BCUT2D eigenvalue weighted by Gasteiger charge is -2.17. The zero-order valence-corrected chi connectivity index (χ0v) is 19.1. The van der Waals surface area contributed by atoms with E-state index in [1.165, 1.54) is 30.3 Å². The maximum absolute atomic E-state index is 13.0. The lowest BCUT2D eigenvalue weighted by atomic mass is 9.96. The topological polar surface area (TPSA) is 169 Å². The SMILES string of the molecule is COC(=O)C(Cc1nc2ccc(Cl)cc2[nH]c1=O)/C(=N\NC(N)=O)C(=O)Nc1ccc(Cl)cc1. The molecule has 5 N–H and O–H groups in total. The second-order valence-corrected chi connectivity index (χ2v) is 7.76. The third kappa shape index (κ3) is 6.09. The number of benzene rings is 2. The maximum Gasteiger partial charge on any atom is 0.332 e. The third-order valence-electron chi connectivity index (χ3n) is 4.56. The molecule has 0 aliphatic rings. The van der Waals surface area contributed by atoms with E-state index in [-0.39, 0.29) is 12.1 Å². The minimum atomic E-state index is -1.41. The van der Waals surface area contributed by atoms with E-state index < -0.39 is 35.1 Å². The fourth-order valence-electron chi connectivity index (χ4n) is 2.99. The molecule has 3 amide bonds. The average Bonchev–Trinajstić information content (AvgIpc) is 2.79. The summed E-state index contributed by atoms with van der Waals surface area (Å²) in [5, 5.41) is 7.08. The Kier molecular flexibility index (Phi) is 7.82. The van der Waals surface area contributed by atoms with Crippen LogP contribution in [-0.2, 0) is 20.7 Å². The van der Waals surface area contributed by atoms with Crippen LogP contribution in [0.15, 0.2) is 52.4 Å². The molecule has 0 aliphatic carbocycles. The minimum absolute atomic E-state index is 0.0729. The number of hydrogen-bond acceptors (Lipinski definition) is 7. The van der Waals surface area contributed by atoms with Crippen molar-refractivity contribution in [3.05, 3.63) is 68.6 Å². The lowest BCUT2D eigenvalue weighted by Crippen LogP contribution is -2.40. The van der Waals surface area contributed by atoms with Crippen molar-refractivity contribution in [2.45, 2.75) is 6.42 Å². The zero-order chi connectivity index (χ0) is 24.8. The second kappa shape index (κ2) is 10.8. The molecule has 0 aliphatic heterocycles. The van der Waals surface area contributed by atoms with E-state index in [1.807, 2.05) is 5.43 Å². The van der Waals surface area contributed by atoms with Crippen LogP contribution in [-0.4, -0.2) is 40.7 Å². The van der Waals surface area contributed by atoms with Crippen molar-refractivity contribution < 1.29 is 19.1 Å². The summed E-state index contributed by atoms with van der Waals surface area (Å²) >= 11 is 11.8. The number of esters is 1. The number of ether oxygens (including phenoxy) is 1. The summed E-state index contributed by atoms with van der Waals surface area (Å²) in [6, 6.07) is 9.74. The van der Waals surface area contributed by atoms with Gasteiger partial charge in [-0.1, -0.05) is 23.2 Å². The first kappa shape index (κ1) is 24.7.